The highest BCUT2D eigenvalue weighted by atomic mass is 32.2. The summed E-state index contributed by atoms with van der Waals surface area (Å²) in [6.07, 6.45) is 4.95. The lowest BCUT2D eigenvalue weighted by Crippen LogP contribution is -2.33. The van der Waals surface area contributed by atoms with Crippen molar-refractivity contribution in [1.82, 2.24) is 14.9 Å². The van der Waals surface area contributed by atoms with Crippen LogP contribution in [0.1, 0.15) is 30.6 Å². The molecule has 1 aromatic heterocycles. The van der Waals surface area contributed by atoms with Crippen LogP contribution in [0, 0.1) is 0 Å². The van der Waals surface area contributed by atoms with Crippen LogP contribution < -0.4 is 10.0 Å². The second-order valence-corrected chi connectivity index (χ2v) is 8.98. The summed E-state index contributed by atoms with van der Waals surface area (Å²) in [6, 6.07) is 4.27. The van der Waals surface area contributed by atoms with Gasteiger partial charge in [-0.25, -0.2) is 13.1 Å². The van der Waals surface area contributed by atoms with Crippen LogP contribution in [0.15, 0.2) is 16.3 Å². The zero-order valence-corrected chi connectivity index (χ0v) is 13.8. The minimum absolute atomic E-state index is 0.427. The largest absolute Gasteiger partial charge is 0.309 e. The summed E-state index contributed by atoms with van der Waals surface area (Å²) in [7, 11) is -3.34. The van der Waals surface area contributed by atoms with Gasteiger partial charge in [0, 0.05) is 30.6 Å². The van der Waals surface area contributed by atoms with Crippen LogP contribution in [0.4, 0.5) is 0 Å². The molecule has 2 fully saturated rings. The average Bonchev–Trinajstić information content (AvgIpc) is 2.93. The molecular weight excluding hydrogens is 306 g/mol. The first-order chi connectivity index (χ1) is 10.1. The molecule has 2 heterocycles. The van der Waals surface area contributed by atoms with E-state index in [1.807, 2.05) is 6.07 Å². The number of thiophene rings is 1. The summed E-state index contributed by atoms with van der Waals surface area (Å²) in [6.45, 7) is 4.27. The fraction of sp³-hybridized carbons (Fsp3) is 0.714. The van der Waals surface area contributed by atoms with Gasteiger partial charge in [0.15, 0.2) is 0 Å². The second kappa shape index (κ2) is 6.75. The smallest absolute Gasteiger partial charge is 0.250 e. The maximum absolute atomic E-state index is 12.2. The maximum atomic E-state index is 12.2. The number of rotatable bonds is 8. The highest BCUT2D eigenvalue weighted by Gasteiger charge is 2.21. The standard InChI is InChI=1S/C14H23N3O2S2/c18-21(19,16-7-10-17-8-1-2-9-17)14-6-5-13(20-14)11-15-12-3-4-12/h5-6,12,15-16H,1-4,7-11H2. The third-order valence-electron chi connectivity index (χ3n) is 3.96. The first kappa shape index (κ1) is 15.4. The molecule has 118 valence electrons. The van der Waals surface area contributed by atoms with Crippen LogP contribution in [-0.4, -0.2) is 45.5 Å². The van der Waals surface area contributed by atoms with Gasteiger partial charge in [-0.1, -0.05) is 0 Å². The minimum Gasteiger partial charge on any atom is -0.309 e. The van der Waals surface area contributed by atoms with Crippen LogP contribution in [0.2, 0.25) is 0 Å². The molecule has 1 aliphatic heterocycles. The lowest BCUT2D eigenvalue weighted by molar-refractivity contribution is 0.344. The summed E-state index contributed by atoms with van der Waals surface area (Å²) in [4.78, 5) is 3.39. The molecule has 0 spiro atoms. The van der Waals surface area contributed by atoms with Crippen molar-refractivity contribution in [3.8, 4) is 0 Å². The highest BCUT2D eigenvalue weighted by Crippen LogP contribution is 2.24. The van der Waals surface area contributed by atoms with Gasteiger partial charge in [-0.05, 0) is 50.9 Å². The lowest BCUT2D eigenvalue weighted by Gasteiger charge is -2.14. The molecule has 2 N–H and O–H groups in total. The van der Waals surface area contributed by atoms with E-state index in [1.54, 1.807) is 6.07 Å². The fourth-order valence-corrected chi connectivity index (χ4v) is 4.92. The first-order valence-corrected chi connectivity index (χ1v) is 9.97. The highest BCUT2D eigenvalue weighted by molar-refractivity contribution is 7.91. The molecule has 1 saturated heterocycles. The molecular formula is C14H23N3O2S2. The third-order valence-corrected chi connectivity index (χ3v) is 7.00. The van der Waals surface area contributed by atoms with Crippen molar-refractivity contribution in [1.29, 1.82) is 0 Å². The van der Waals surface area contributed by atoms with Gasteiger partial charge >= 0.3 is 0 Å². The van der Waals surface area contributed by atoms with Crippen LogP contribution in [0.25, 0.3) is 0 Å². The molecule has 21 heavy (non-hydrogen) atoms. The molecule has 0 amide bonds. The zero-order chi connectivity index (χ0) is 14.7. The number of nitrogens with zero attached hydrogens (tertiary/aromatic N) is 1. The Morgan fingerprint density at radius 2 is 2.00 bits per heavy atom. The molecule has 7 heteroatoms. The monoisotopic (exact) mass is 329 g/mol. The predicted octanol–water partition coefficient (Wildman–Crippen LogP) is 1.37. The zero-order valence-electron chi connectivity index (χ0n) is 12.2. The Labute approximate surface area is 130 Å². The lowest BCUT2D eigenvalue weighted by atomic mass is 10.4. The Bertz CT molecular complexity index is 561. The van der Waals surface area contributed by atoms with Crippen molar-refractivity contribution in [2.45, 2.75) is 42.5 Å². The van der Waals surface area contributed by atoms with Gasteiger partial charge in [-0.2, -0.15) is 0 Å². The number of likely N-dealkylation sites (tertiary alicyclic amines) is 1. The van der Waals surface area contributed by atoms with Gasteiger partial charge in [0.25, 0.3) is 0 Å². The molecule has 1 aromatic rings. The van der Waals surface area contributed by atoms with Crippen LogP contribution in [0.5, 0.6) is 0 Å². The van der Waals surface area contributed by atoms with Crippen molar-refractivity contribution in [2.75, 3.05) is 26.2 Å². The van der Waals surface area contributed by atoms with E-state index < -0.39 is 10.0 Å². The Hall–Kier alpha value is -0.470. The Morgan fingerprint density at radius 3 is 2.71 bits per heavy atom. The molecule has 0 aromatic carbocycles. The topological polar surface area (TPSA) is 61.4 Å². The van der Waals surface area contributed by atoms with Gasteiger partial charge < -0.3 is 10.2 Å². The van der Waals surface area contributed by atoms with Crippen molar-refractivity contribution in [3.05, 3.63) is 17.0 Å². The molecule has 2 aliphatic rings. The van der Waals surface area contributed by atoms with Crippen molar-refractivity contribution in [3.63, 3.8) is 0 Å². The van der Waals surface area contributed by atoms with E-state index in [9.17, 15) is 8.42 Å². The van der Waals surface area contributed by atoms with E-state index >= 15 is 0 Å². The molecule has 0 radical (unpaired) electrons. The van der Waals surface area contributed by atoms with Gasteiger partial charge in [-0.15, -0.1) is 11.3 Å². The average molecular weight is 329 g/mol. The normalized spacial score (nSPS) is 20.2. The van der Waals surface area contributed by atoms with Gasteiger partial charge in [0.1, 0.15) is 4.21 Å². The van der Waals surface area contributed by atoms with Crippen molar-refractivity contribution >= 4 is 21.4 Å². The van der Waals surface area contributed by atoms with Crippen LogP contribution in [0.3, 0.4) is 0 Å². The molecule has 1 aliphatic carbocycles. The summed E-state index contributed by atoms with van der Waals surface area (Å²) < 4.78 is 27.6. The quantitative estimate of drug-likeness (QED) is 0.756. The summed E-state index contributed by atoms with van der Waals surface area (Å²) >= 11 is 1.37. The fourth-order valence-electron chi connectivity index (χ4n) is 2.55. The van der Waals surface area contributed by atoms with E-state index in [2.05, 4.69) is 14.9 Å². The minimum atomic E-state index is -3.34. The predicted molar refractivity (Wildman–Crippen MR) is 85.0 cm³/mol. The van der Waals surface area contributed by atoms with Crippen LogP contribution >= 0.6 is 11.3 Å². The first-order valence-electron chi connectivity index (χ1n) is 7.68. The number of hydrogen-bond acceptors (Lipinski definition) is 5. The Kier molecular flexibility index (Phi) is 4.96. The van der Waals surface area contributed by atoms with Gasteiger partial charge in [0.2, 0.25) is 10.0 Å². The van der Waals surface area contributed by atoms with Crippen molar-refractivity contribution in [2.24, 2.45) is 0 Å². The summed E-state index contributed by atoms with van der Waals surface area (Å²) in [5.74, 6) is 0. The summed E-state index contributed by atoms with van der Waals surface area (Å²) in [5, 5.41) is 3.41. The SMILES string of the molecule is O=S(=O)(NCCN1CCCC1)c1ccc(CNC2CC2)s1. The second-order valence-electron chi connectivity index (χ2n) is 5.82. The van der Waals surface area contributed by atoms with Gasteiger partial charge in [0.05, 0.1) is 0 Å². The maximum Gasteiger partial charge on any atom is 0.250 e. The Balaban J connectivity index is 1.48. The number of nitrogens with one attached hydrogen (secondary N) is 2. The molecule has 0 bridgehead atoms. The molecule has 0 atom stereocenters. The molecule has 1 saturated carbocycles. The molecule has 3 rings (SSSR count). The Morgan fingerprint density at radius 1 is 1.24 bits per heavy atom. The molecule has 0 unspecified atom stereocenters. The number of sulfonamides is 1. The van der Waals surface area contributed by atoms with E-state index in [1.165, 1.54) is 37.0 Å². The van der Waals surface area contributed by atoms with E-state index in [0.29, 0.717) is 16.8 Å². The van der Waals surface area contributed by atoms with E-state index in [-0.39, 0.29) is 0 Å². The van der Waals surface area contributed by atoms with Crippen molar-refractivity contribution < 1.29 is 8.42 Å². The van der Waals surface area contributed by atoms with Gasteiger partial charge in [-0.3, -0.25) is 0 Å². The van der Waals surface area contributed by atoms with E-state index in [0.717, 1.165) is 31.1 Å². The summed E-state index contributed by atoms with van der Waals surface area (Å²) in [5.41, 5.74) is 0. The van der Waals surface area contributed by atoms with E-state index in [4.69, 9.17) is 0 Å². The van der Waals surface area contributed by atoms with Crippen LogP contribution in [-0.2, 0) is 16.6 Å². The third kappa shape index (κ3) is 4.50. The molecule has 5 nitrogen and oxygen atoms in total. The number of hydrogen-bond donors (Lipinski definition) is 2.